The summed E-state index contributed by atoms with van der Waals surface area (Å²) >= 11 is 0. The smallest absolute Gasteiger partial charge is 0.369 e. The Balaban J connectivity index is 2.45. The summed E-state index contributed by atoms with van der Waals surface area (Å²) in [6, 6.07) is 10.9. The van der Waals surface area contributed by atoms with Gasteiger partial charge in [-0.25, -0.2) is 10.1 Å². The quantitative estimate of drug-likeness (QED) is 0.395. The van der Waals surface area contributed by atoms with Crippen LogP contribution in [0.5, 0.6) is 5.88 Å². The first-order chi connectivity index (χ1) is 13.3. The van der Waals surface area contributed by atoms with Crippen LogP contribution in [0.25, 0.3) is 0 Å². The molecule has 0 aliphatic carbocycles. The van der Waals surface area contributed by atoms with Gasteiger partial charge in [0.15, 0.2) is 0 Å². The lowest BCUT2D eigenvalue weighted by Crippen LogP contribution is -2.84. The number of carbonyl (C=O) groups is 1. The fourth-order valence-corrected chi connectivity index (χ4v) is 2.45. The van der Waals surface area contributed by atoms with Crippen LogP contribution in [0.2, 0.25) is 0 Å². The Hall–Kier alpha value is -3.77. The van der Waals surface area contributed by atoms with Crippen molar-refractivity contribution in [2.45, 2.75) is 13.8 Å². The van der Waals surface area contributed by atoms with Gasteiger partial charge in [0.1, 0.15) is 23.0 Å². The third kappa shape index (κ3) is 4.13. The zero-order valence-corrected chi connectivity index (χ0v) is 16.0. The fourth-order valence-electron chi connectivity index (χ4n) is 2.45. The van der Waals surface area contributed by atoms with Crippen molar-refractivity contribution in [1.29, 1.82) is 5.26 Å². The lowest BCUT2D eigenvalue weighted by molar-refractivity contribution is -0.475. The van der Waals surface area contributed by atoms with Crippen LogP contribution in [0.3, 0.4) is 0 Å². The summed E-state index contributed by atoms with van der Waals surface area (Å²) in [5, 5.41) is 24.7. The molecule has 0 spiro atoms. The van der Waals surface area contributed by atoms with Gasteiger partial charge in [-0.3, -0.25) is 19.8 Å². The topological polar surface area (TPSA) is 136 Å². The summed E-state index contributed by atoms with van der Waals surface area (Å²) in [5.41, 5.74) is 3.27. The molecule has 0 unspecified atom stereocenters. The van der Waals surface area contributed by atoms with Crippen molar-refractivity contribution in [2.24, 2.45) is 17.1 Å². The number of rotatable bonds is 5. The number of anilines is 1. The average molecular weight is 381 g/mol. The number of nitrogens with one attached hydrogen (secondary N) is 1. The van der Waals surface area contributed by atoms with Gasteiger partial charge in [-0.1, -0.05) is 18.2 Å². The van der Waals surface area contributed by atoms with E-state index in [9.17, 15) is 20.0 Å². The number of aromatic hydroxyl groups is 1. The molecule has 2 aromatic rings. The van der Waals surface area contributed by atoms with E-state index in [-0.39, 0.29) is 22.5 Å². The molecule has 1 aromatic heterocycles. The van der Waals surface area contributed by atoms with Crippen LogP contribution < -0.4 is 16.3 Å². The second kappa shape index (κ2) is 8.75. The van der Waals surface area contributed by atoms with Crippen molar-refractivity contribution in [3.63, 3.8) is 0 Å². The van der Waals surface area contributed by atoms with Crippen LogP contribution in [0, 0.1) is 18.3 Å². The summed E-state index contributed by atoms with van der Waals surface area (Å²) < 4.78 is 0.932. The lowest BCUT2D eigenvalue weighted by Gasteiger charge is -2.12. The predicted octanol–water partition coefficient (Wildman–Crippen LogP) is 0.551. The summed E-state index contributed by atoms with van der Waals surface area (Å²) in [5.74, 6) is -0.824. The van der Waals surface area contributed by atoms with Crippen molar-refractivity contribution < 1.29 is 15.2 Å². The van der Waals surface area contributed by atoms with E-state index in [2.05, 4.69) is 15.5 Å². The molecule has 0 radical (unpaired) electrons. The molecular formula is C19H21N6O3+. The van der Waals surface area contributed by atoms with E-state index in [4.69, 9.17) is 0 Å². The minimum absolute atomic E-state index is 0.00855. The minimum atomic E-state index is -0.581. The summed E-state index contributed by atoms with van der Waals surface area (Å²) in [6.45, 7) is 3.13. The van der Waals surface area contributed by atoms with Gasteiger partial charge >= 0.3 is 5.91 Å². The monoisotopic (exact) mass is 381 g/mol. The van der Waals surface area contributed by atoms with Gasteiger partial charge in [-0.15, -0.1) is 0 Å². The van der Waals surface area contributed by atoms with Crippen LogP contribution in [0.4, 0.5) is 11.4 Å². The molecular weight excluding hydrogens is 360 g/mol. The summed E-state index contributed by atoms with van der Waals surface area (Å²) in [4.78, 5) is 29.1. The SMILES string of the molecule is CN=C(C)C(=NNc1c(C)c(C#N)c(O)n(C)c1=O)C(=O)[NH2+]c1ccccc1. The number of nitrogens with two attached hydrogens (primary N) is 1. The largest absolute Gasteiger partial charge is 0.493 e. The molecule has 1 aromatic carbocycles. The number of aliphatic imine (C=N–C) groups is 1. The molecule has 0 aliphatic rings. The highest BCUT2D eigenvalue weighted by atomic mass is 16.3. The van der Waals surface area contributed by atoms with E-state index in [0.29, 0.717) is 11.4 Å². The van der Waals surface area contributed by atoms with E-state index in [1.54, 1.807) is 19.1 Å². The van der Waals surface area contributed by atoms with Gasteiger partial charge in [-0.05, 0) is 26.0 Å². The number of nitrogens with zero attached hydrogens (tertiary/aromatic N) is 4. The van der Waals surface area contributed by atoms with Crippen molar-refractivity contribution in [3.05, 3.63) is 51.8 Å². The molecule has 1 amide bonds. The van der Waals surface area contributed by atoms with E-state index < -0.39 is 17.3 Å². The van der Waals surface area contributed by atoms with Gasteiger partial charge in [-0.2, -0.15) is 10.4 Å². The molecule has 9 heteroatoms. The Bertz CT molecular complexity index is 1060. The number of hydrogen-bond acceptors (Lipinski definition) is 7. The maximum Gasteiger partial charge on any atom is 0.369 e. The van der Waals surface area contributed by atoms with Gasteiger partial charge in [0, 0.05) is 19.7 Å². The summed E-state index contributed by atoms with van der Waals surface area (Å²) in [6.07, 6.45) is 0. The fraction of sp³-hybridized carbons (Fsp3) is 0.211. The van der Waals surface area contributed by atoms with Crippen LogP contribution in [-0.4, -0.2) is 34.1 Å². The van der Waals surface area contributed by atoms with Crippen LogP contribution in [-0.2, 0) is 11.8 Å². The zero-order chi connectivity index (χ0) is 20.8. The second-order valence-electron chi connectivity index (χ2n) is 5.98. The maximum absolute atomic E-state index is 12.7. The Morgan fingerprint density at radius 2 is 1.96 bits per heavy atom. The number of aromatic nitrogens is 1. The number of primary amides is 1. The van der Waals surface area contributed by atoms with Crippen molar-refractivity contribution in [1.82, 2.24) is 4.57 Å². The van der Waals surface area contributed by atoms with Gasteiger partial charge < -0.3 is 5.11 Å². The lowest BCUT2D eigenvalue weighted by atomic mass is 10.1. The second-order valence-corrected chi connectivity index (χ2v) is 5.98. The number of carbonyl (C=O) groups excluding carboxylic acids is 1. The normalized spacial score (nSPS) is 11.8. The molecule has 0 fully saturated rings. The van der Waals surface area contributed by atoms with Crippen molar-refractivity contribution in [2.75, 3.05) is 12.5 Å². The number of hydrazone groups is 1. The average Bonchev–Trinajstić information content (AvgIpc) is 2.69. The molecule has 1 heterocycles. The molecule has 0 saturated carbocycles. The maximum atomic E-state index is 12.7. The first-order valence-corrected chi connectivity index (χ1v) is 8.36. The number of para-hydroxylation sites is 1. The number of nitriles is 1. The minimum Gasteiger partial charge on any atom is -0.493 e. The van der Waals surface area contributed by atoms with E-state index in [1.807, 2.05) is 24.3 Å². The number of hydrogen-bond donors (Lipinski definition) is 3. The van der Waals surface area contributed by atoms with Crippen molar-refractivity contribution >= 4 is 28.7 Å². The van der Waals surface area contributed by atoms with E-state index >= 15 is 0 Å². The Morgan fingerprint density at radius 1 is 1.32 bits per heavy atom. The highest BCUT2D eigenvalue weighted by Crippen LogP contribution is 2.22. The number of amides is 1. The number of benzene rings is 1. The molecule has 28 heavy (non-hydrogen) atoms. The number of quaternary nitrogens is 1. The standard InChI is InChI=1S/C19H20N6O3/c1-11-14(10-20)18(27)25(4)19(28)15(11)23-24-16(12(2)21-3)17(26)22-13-8-6-5-7-9-13/h5-9,23,27H,1-4H3,(H,22,26)/p+1. The Labute approximate surface area is 161 Å². The molecule has 0 aliphatic heterocycles. The highest BCUT2D eigenvalue weighted by Gasteiger charge is 2.22. The van der Waals surface area contributed by atoms with Gasteiger partial charge in [0.05, 0.1) is 5.71 Å². The van der Waals surface area contributed by atoms with Gasteiger partial charge in [0.2, 0.25) is 11.6 Å². The highest BCUT2D eigenvalue weighted by molar-refractivity contribution is 6.64. The first-order valence-electron chi connectivity index (χ1n) is 8.36. The van der Waals surface area contributed by atoms with Crippen LogP contribution in [0.15, 0.2) is 45.2 Å². The van der Waals surface area contributed by atoms with E-state index in [0.717, 1.165) is 4.57 Å². The van der Waals surface area contributed by atoms with Crippen LogP contribution >= 0.6 is 0 Å². The third-order valence-electron chi connectivity index (χ3n) is 4.21. The molecule has 0 bridgehead atoms. The number of pyridine rings is 1. The van der Waals surface area contributed by atoms with Crippen LogP contribution in [0.1, 0.15) is 18.1 Å². The summed E-state index contributed by atoms with van der Waals surface area (Å²) in [7, 11) is 2.86. The van der Waals surface area contributed by atoms with Gasteiger partial charge in [0.25, 0.3) is 5.56 Å². The van der Waals surface area contributed by atoms with E-state index in [1.165, 1.54) is 26.3 Å². The zero-order valence-electron chi connectivity index (χ0n) is 16.0. The molecule has 0 atom stereocenters. The molecule has 0 saturated heterocycles. The molecule has 2 rings (SSSR count). The molecule has 9 nitrogen and oxygen atoms in total. The molecule has 4 N–H and O–H groups in total. The van der Waals surface area contributed by atoms with Crippen molar-refractivity contribution in [3.8, 4) is 11.9 Å². The third-order valence-corrected chi connectivity index (χ3v) is 4.21. The molecule has 144 valence electrons. The Morgan fingerprint density at radius 3 is 2.54 bits per heavy atom. The first kappa shape index (κ1) is 20.5. The Kier molecular flexibility index (Phi) is 6.42. The predicted molar refractivity (Wildman–Crippen MR) is 106 cm³/mol.